The van der Waals surface area contributed by atoms with Gasteiger partial charge in [0.15, 0.2) is 11.5 Å². The lowest BCUT2D eigenvalue weighted by Gasteiger charge is -2.41. The molecule has 0 radical (unpaired) electrons. The number of amides is 1. The van der Waals surface area contributed by atoms with Crippen LogP contribution in [0, 0.1) is 18.3 Å². The predicted octanol–water partition coefficient (Wildman–Crippen LogP) is 3.76. The number of hydrogen-bond donors (Lipinski definition) is 1. The van der Waals surface area contributed by atoms with Crippen molar-refractivity contribution in [2.45, 2.75) is 38.3 Å². The molecule has 2 saturated heterocycles. The first-order valence-corrected chi connectivity index (χ1v) is 14.1. The summed E-state index contributed by atoms with van der Waals surface area (Å²) in [6.07, 6.45) is 4.00. The van der Waals surface area contributed by atoms with Gasteiger partial charge in [-0.2, -0.15) is 20.3 Å². The Balaban J connectivity index is 1.41. The van der Waals surface area contributed by atoms with Gasteiger partial charge in [-0.15, -0.1) is 0 Å². The highest BCUT2D eigenvalue weighted by molar-refractivity contribution is 5.97. The van der Waals surface area contributed by atoms with E-state index in [2.05, 4.69) is 34.8 Å². The zero-order valence-electron chi connectivity index (χ0n) is 23.7. The first-order chi connectivity index (χ1) is 20.3. The number of fused-ring (bicyclic) bond motifs is 2. The van der Waals surface area contributed by atoms with Crippen LogP contribution in [-0.2, 0) is 4.79 Å². The highest BCUT2D eigenvalue weighted by Crippen LogP contribution is 2.34. The van der Waals surface area contributed by atoms with E-state index < -0.39 is 17.8 Å². The van der Waals surface area contributed by atoms with Gasteiger partial charge in [0.25, 0.3) is 5.91 Å². The molecule has 216 valence electrons. The van der Waals surface area contributed by atoms with Gasteiger partial charge in [-0.1, -0.05) is 12.6 Å². The number of aromatic nitrogens is 5. The molecule has 2 aliphatic heterocycles. The smallest absolute Gasteiger partial charge is 0.320 e. The summed E-state index contributed by atoms with van der Waals surface area (Å²) < 4.78 is 19.9. The zero-order valence-corrected chi connectivity index (χ0v) is 23.7. The van der Waals surface area contributed by atoms with Gasteiger partial charge in [-0.3, -0.25) is 9.89 Å². The lowest BCUT2D eigenvalue weighted by molar-refractivity contribution is -0.131. The van der Waals surface area contributed by atoms with Crippen molar-refractivity contribution in [2.75, 3.05) is 44.7 Å². The molecule has 12 heteroatoms. The lowest BCUT2D eigenvalue weighted by atomic mass is 10.0. The van der Waals surface area contributed by atoms with Crippen LogP contribution in [0.15, 0.2) is 42.9 Å². The van der Waals surface area contributed by atoms with Crippen LogP contribution in [0.5, 0.6) is 6.01 Å². The maximum atomic E-state index is 13.8. The quantitative estimate of drug-likeness (QED) is 0.331. The predicted molar refractivity (Wildman–Crippen MR) is 156 cm³/mol. The molecule has 11 nitrogen and oxygen atoms in total. The number of nitrogens with zero attached hydrogens (tertiary/aromatic N) is 8. The van der Waals surface area contributed by atoms with Crippen LogP contribution >= 0.6 is 0 Å². The Morgan fingerprint density at radius 1 is 1.17 bits per heavy atom. The largest absolute Gasteiger partial charge is 0.462 e. The van der Waals surface area contributed by atoms with Crippen LogP contribution in [0.2, 0.25) is 0 Å². The molecule has 3 aromatic heterocycles. The highest BCUT2D eigenvalue weighted by atomic mass is 19.1. The van der Waals surface area contributed by atoms with Crippen molar-refractivity contribution in [3.63, 3.8) is 0 Å². The van der Waals surface area contributed by atoms with E-state index in [1.807, 2.05) is 36.1 Å². The lowest BCUT2D eigenvalue weighted by Crippen LogP contribution is -2.55. The van der Waals surface area contributed by atoms with E-state index in [-0.39, 0.29) is 25.0 Å². The van der Waals surface area contributed by atoms with Gasteiger partial charge in [-0.25, -0.2) is 9.37 Å². The summed E-state index contributed by atoms with van der Waals surface area (Å²) in [7, 11) is 2.09. The molecule has 0 spiro atoms. The monoisotopic (exact) mass is 569 g/mol. The van der Waals surface area contributed by atoms with E-state index in [1.54, 1.807) is 6.20 Å². The fourth-order valence-electron chi connectivity index (χ4n) is 6.00. The van der Waals surface area contributed by atoms with E-state index in [4.69, 9.17) is 19.7 Å². The number of H-pyrrole nitrogens is 1. The molecule has 1 N–H and O–H groups in total. The number of carbonyl (C=O) groups excluding carboxylic acids is 1. The summed E-state index contributed by atoms with van der Waals surface area (Å²) in [6, 6.07) is 10.00. The van der Waals surface area contributed by atoms with E-state index in [0.29, 0.717) is 36.5 Å². The van der Waals surface area contributed by atoms with Crippen molar-refractivity contribution in [2.24, 2.45) is 0 Å². The van der Waals surface area contributed by atoms with Gasteiger partial charge in [0.1, 0.15) is 12.4 Å². The molecule has 0 saturated carbocycles. The standard InChI is InChI=1S/C30H32FN9O2/c1-18-6-8-24-23(15-33-37-24)26(18)25-9-7-22-27(34-25)35-30(42-17-21-5-4-12-38(21)3)36-28(22)39-13-14-40(29(41)19(2)31)20(16-39)10-11-32/h6-9,15,20-21H,2,4-5,10,12-14,16-17H2,1,3H3,(H,33,37). The molecule has 2 aliphatic rings. The van der Waals surface area contributed by atoms with Gasteiger partial charge >= 0.3 is 6.01 Å². The number of anilines is 1. The first kappa shape index (κ1) is 27.5. The second-order valence-corrected chi connectivity index (χ2v) is 10.9. The minimum absolute atomic E-state index is 0.0479. The Kier molecular flexibility index (Phi) is 7.43. The van der Waals surface area contributed by atoms with Crippen molar-refractivity contribution in [3.05, 3.63) is 48.4 Å². The summed E-state index contributed by atoms with van der Waals surface area (Å²) in [4.78, 5) is 32.6. The SMILES string of the molecule is C=C(F)C(=O)N1CCN(c2nc(OCC3CCCN3C)nc3nc(-c4c(C)ccc5[nH]ncc45)ccc23)CC1CC#N. The summed E-state index contributed by atoms with van der Waals surface area (Å²) in [5.74, 6) is -1.23. The fraction of sp³-hybridized carbons (Fsp3) is 0.400. The second-order valence-electron chi connectivity index (χ2n) is 10.9. The molecule has 0 bridgehead atoms. The van der Waals surface area contributed by atoms with Crippen molar-refractivity contribution < 1.29 is 13.9 Å². The maximum Gasteiger partial charge on any atom is 0.320 e. The van der Waals surface area contributed by atoms with Crippen LogP contribution in [-0.4, -0.2) is 92.8 Å². The minimum atomic E-state index is -1.04. The number of likely N-dealkylation sites (N-methyl/N-ethyl adjacent to an activating group) is 1. The van der Waals surface area contributed by atoms with E-state index in [9.17, 15) is 14.4 Å². The fourth-order valence-corrected chi connectivity index (χ4v) is 6.00. The Morgan fingerprint density at radius 3 is 2.79 bits per heavy atom. The van der Waals surface area contributed by atoms with Gasteiger partial charge in [-0.05, 0) is 57.1 Å². The third-order valence-electron chi connectivity index (χ3n) is 8.29. The molecule has 2 atom stereocenters. The average molecular weight is 570 g/mol. The third-order valence-corrected chi connectivity index (χ3v) is 8.29. The van der Waals surface area contributed by atoms with E-state index in [0.717, 1.165) is 47.1 Å². The number of halogens is 1. The molecule has 1 amide bonds. The first-order valence-electron chi connectivity index (χ1n) is 14.1. The normalized spacial score (nSPS) is 19.4. The number of pyridine rings is 1. The number of carbonyl (C=O) groups is 1. The number of nitriles is 1. The minimum Gasteiger partial charge on any atom is -0.462 e. The topological polar surface area (TPSA) is 127 Å². The summed E-state index contributed by atoms with van der Waals surface area (Å²) >= 11 is 0. The third kappa shape index (κ3) is 5.12. The summed E-state index contributed by atoms with van der Waals surface area (Å²) in [5, 5.41) is 18.4. The number of aryl methyl sites for hydroxylation is 1. The average Bonchev–Trinajstić information content (AvgIpc) is 3.63. The molecule has 4 aromatic rings. The molecular weight excluding hydrogens is 537 g/mol. The number of rotatable bonds is 7. The van der Waals surface area contributed by atoms with Crippen molar-refractivity contribution in [1.82, 2.24) is 34.9 Å². The molecule has 0 aliphatic carbocycles. The second kappa shape index (κ2) is 11.3. The van der Waals surface area contributed by atoms with Crippen LogP contribution < -0.4 is 9.64 Å². The Hall–Kier alpha value is -4.63. The van der Waals surface area contributed by atoms with Crippen LogP contribution in [0.4, 0.5) is 10.2 Å². The van der Waals surface area contributed by atoms with Gasteiger partial charge in [0.2, 0.25) is 0 Å². The van der Waals surface area contributed by atoms with Crippen molar-refractivity contribution in [3.8, 4) is 23.3 Å². The van der Waals surface area contributed by atoms with Crippen molar-refractivity contribution >= 4 is 33.7 Å². The Bertz CT molecular complexity index is 1710. The van der Waals surface area contributed by atoms with Crippen LogP contribution in [0.1, 0.15) is 24.8 Å². The van der Waals surface area contributed by atoms with Gasteiger partial charge < -0.3 is 19.4 Å². The summed E-state index contributed by atoms with van der Waals surface area (Å²) in [6.45, 7) is 7.56. The molecule has 42 heavy (non-hydrogen) atoms. The number of ether oxygens (including phenoxy) is 1. The molecule has 2 unspecified atom stereocenters. The Morgan fingerprint density at radius 2 is 2.02 bits per heavy atom. The number of hydrogen-bond acceptors (Lipinski definition) is 9. The Labute approximate surface area is 242 Å². The molecule has 2 fully saturated rings. The van der Waals surface area contributed by atoms with Crippen LogP contribution in [0.3, 0.4) is 0 Å². The number of likely N-dealkylation sites (tertiary alicyclic amines) is 1. The van der Waals surface area contributed by atoms with Gasteiger partial charge in [0, 0.05) is 36.6 Å². The number of benzene rings is 1. The molecule has 1 aromatic carbocycles. The molecular formula is C30H32FN9O2. The zero-order chi connectivity index (χ0) is 29.4. The van der Waals surface area contributed by atoms with E-state index >= 15 is 0 Å². The van der Waals surface area contributed by atoms with Crippen LogP contribution in [0.25, 0.3) is 33.2 Å². The maximum absolute atomic E-state index is 13.8. The summed E-state index contributed by atoms with van der Waals surface area (Å²) in [5.41, 5.74) is 4.15. The highest BCUT2D eigenvalue weighted by Gasteiger charge is 2.33. The molecule has 5 heterocycles. The van der Waals surface area contributed by atoms with Crippen molar-refractivity contribution in [1.29, 1.82) is 5.26 Å². The molecule has 6 rings (SSSR count). The van der Waals surface area contributed by atoms with E-state index in [1.165, 1.54) is 4.90 Å². The number of aromatic amines is 1. The number of piperazine rings is 1. The van der Waals surface area contributed by atoms with Gasteiger partial charge in [0.05, 0.1) is 41.3 Å². The number of nitrogens with one attached hydrogen (secondary N) is 1.